The molecule has 0 radical (unpaired) electrons. The third-order valence-corrected chi connectivity index (χ3v) is 4.26. The summed E-state index contributed by atoms with van der Waals surface area (Å²) in [6.45, 7) is 4.16. The lowest BCUT2D eigenvalue weighted by atomic mass is 10.1. The summed E-state index contributed by atoms with van der Waals surface area (Å²) in [5.41, 5.74) is 4.75. The lowest BCUT2D eigenvalue weighted by Gasteiger charge is -2.13. The van der Waals surface area contributed by atoms with Crippen LogP contribution in [0.3, 0.4) is 0 Å². The normalized spacial score (nSPS) is 10.2. The van der Waals surface area contributed by atoms with Crippen molar-refractivity contribution >= 4 is 24.0 Å². The van der Waals surface area contributed by atoms with E-state index in [1.54, 1.807) is 0 Å². The Bertz CT molecular complexity index is 804. The molecule has 0 spiro atoms. The van der Waals surface area contributed by atoms with E-state index in [-0.39, 0.29) is 12.4 Å². The van der Waals surface area contributed by atoms with Crippen LogP contribution in [-0.4, -0.2) is 0 Å². The largest absolute Gasteiger partial charge is 0.489 e. The molecule has 0 aliphatic rings. The standard InChI is InChI=1S/C22H22ClNO.ClH/c1-17-7-9-18(10-8-17)14-24-15-20-13-21(23)11-12-22(20)25-16-19-5-3-2-4-6-19;/h2-13,24H,14-16H2,1H3;1H. The van der Waals surface area contributed by atoms with Crippen LogP contribution in [0.5, 0.6) is 5.75 Å². The van der Waals surface area contributed by atoms with Crippen LogP contribution in [0.25, 0.3) is 0 Å². The molecule has 0 unspecified atom stereocenters. The predicted molar refractivity (Wildman–Crippen MR) is 111 cm³/mol. The first kappa shape index (κ1) is 20.3. The van der Waals surface area contributed by atoms with Crippen molar-refractivity contribution in [3.05, 3.63) is 100 Å². The van der Waals surface area contributed by atoms with E-state index in [9.17, 15) is 0 Å². The van der Waals surface area contributed by atoms with Gasteiger partial charge in [0.25, 0.3) is 0 Å². The zero-order chi connectivity index (χ0) is 17.5. The summed E-state index contributed by atoms with van der Waals surface area (Å²) in [4.78, 5) is 0. The maximum Gasteiger partial charge on any atom is 0.124 e. The summed E-state index contributed by atoms with van der Waals surface area (Å²) in [7, 11) is 0. The summed E-state index contributed by atoms with van der Waals surface area (Å²) in [5, 5.41) is 4.19. The lowest BCUT2D eigenvalue weighted by molar-refractivity contribution is 0.302. The number of benzene rings is 3. The van der Waals surface area contributed by atoms with E-state index in [1.807, 2.05) is 36.4 Å². The number of rotatable bonds is 7. The van der Waals surface area contributed by atoms with Gasteiger partial charge in [-0.2, -0.15) is 0 Å². The third kappa shape index (κ3) is 6.06. The fourth-order valence-electron chi connectivity index (χ4n) is 2.61. The minimum absolute atomic E-state index is 0. The second-order valence-electron chi connectivity index (χ2n) is 6.12. The van der Waals surface area contributed by atoms with Crippen LogP contribution >= 0.6 is 24.0 Å². The molecule has 0 aromatic heterocycles. The number of aryl methyl sites for hydroxylation is 1. The summed E-state index contributed by atoms with van der Waals surface area (Å²) >= 11 is 6.16. The number of ether oxygens (including phenoxy) is 1. The zero-order valence-corrected chi connectivity index (χ0v) is 16.3. The first-order chi connectivity index (χ1) is 12.2. The van der Waals surface area contributed by atoms with Crippen LogP contribution in [-0.2, 0) is 19.7 Å². The Balaban J connectivity index is 0.00000243. The second kappa shape index (κ2) is 10.2. The van der Waals surface area contributed by atoms with Crippen LogP contribution < -0.4 is 10.1 Å². The van der Waals surface area contributed by atoms with E-state index in [4.69, 9.17) is 16.3 Å². The van der Waals surface area contributed by atoms with Crippen molar-refractivity contribution in [2.24, 2.45) is 0 Å². The molecule has 4 heteroatoms. The molecule has 0 aliphatic heterocycles. The van der Waals surface area contributed by atoms with Crippen LogP contribution in [0.15, 0.2) is 72.8 Å². The smallest absolute Gasteiger partial charge is 0.124 e. The van der Waals surface area contributed by atoms with Gasteiger partial charge >= 0.3 is 0 Å². The fraction of sp³-hybridized carbons (Fsp3) is 0.182. The van der Waals surface area contributed by atoms with Gasteiger partial charge in [-0.1, -0.05) is 71.8 Å². The molecular weight excluding hydrogens is 365 g/mol. The quantitative estimate of drug-likeness (QED) is 0.541. The monoisotopic (exact) mass is 387 g/mol. The van der Waals surface area contributed by atoms with Gasteiger partial charge in [-0.05, 0) is 36.2 Å². The van der Waals surface area contributed by atoms with E-state index >= 15 is 0 Å². The Hall–Kier alpha value is -2.00. The van der Waals surface area contributed by atoms with Gasteiger partial charge in [-0.15, -0.1) is 12.4 Å². The first-order valence-corrected chi connectivity index (χ1v) is 8.80. The Morgan fingerprint density at radius 2 is 1.58 bits per heavy atom. The Morgan fingerprint density at radius 1 is 0.846 bits per heavy atom. The maximum absolute atomic E-state index is 6.16. The molecule has 136 valence electrons. The minimum Gasteiger partial charge on any atom is -0.489 e. The zero-order valence-electron chi connectivity index (χ0n) is 14.7. The molecular formula is C22H23Cl2NO. The summed E-state index contributed by atoms with van der Waals surface area (Å²) in [6, 6.07) is 24.5. The van der Waals surface area contributed by atoms with Crippen LogP contribution in [0.4, 0.5) is 0 Å². The van der Waals surface area contributed by atoms with Gasteiger partial charge in [0.2, 0.25) is 0 Å². The molecule has 3 aromatic rings. The van der Waals surface area contributed by atoms with Gasteiger partial charge in [0.15, 0.2) is 0 Å². The van der Waals surface area contributed by atoms with Gasteiger partial charge in [0.05, 0.1) is 0 Å². The van der Waals surface area contributed by atoms with Gasteiger partial charge in [-0.25, -0.2) is 0 Å². The molecule has 26 heavy (non-hydrogen) atoms. The van der Waals surface area contributed by atoms with Crippen molar-refractivity contribution in [2.75, 3.05) is 0 Å². The first-order valence-electron chi connectivity index (χ1n) is 8.42. The highest BCUT2D eigenvalue weighted by Crippen LogP contribution is 2.24. The molecule has 2 nitrogen and oxygen atoms in total. The molecule has 0 saturated heterocycles. The van der Waals surface area contributed by atoms with Gasteiger partial charge in [-0.3, -0.25) is 0 Å². The molecule has 1 N–H and O–H groups in total. The van der Waals surface area contributed by atoms with Gasteiger partial charge < -0.3 is 10.1 Å². The molecule has 3 rings (SSSR count). The van der Waals surface area contributed by atoms with Crippen molar-refractivity contribution in [2.45, 2.75) is 26.6 Å². The second-order valence-corrected chi connectivity index (χ2v) is 6.55. The topological polar surface area (TPSA) is 21.3 Å². The van der Waals surface area contributed by atoms with E-state index in [0.717, 1.165) is 28.4 Å². The van der Waals surface area contributed by atoms with E-state index < -0.39 is 0 Å². The Morgan fingerprint density at radius 3 is 2.31 bits per heavy atom. The average Bonchev–Trinajstić information content (AvgIpc) is 2.63. The van der Waals surface area contributed by atoms with Crippen LogP contribution in [0.2, 0.25) is 5.02 Å². The predicted octanol–water partition coefficient (Wildman–Crippen LogP) is 5.94. The maximum atomic E-state index is 6.16. The van der Waals surface area contributed by atoms with Crippen molar-refractivity contribution in [1.82, 2.24) is 5.32 Å². The van der Waals surface area contributed by atoms with Crippen molar-refractivity contribution in [3.63, 3.8) is 0 Å². The SMILES string of the molecule is Cc1ccc(CNCc2cc(Cl)ccc2OCc2ccccc2)cc1.Cl. The lowest BCUT2D eigenvalue weighted by Crippen LogP contribution is -2.13. The summed E-state index contributed by atoms with van der Waals surface area (Å²) in [6.07, 6.45) is 0. The Kier molecular flexibility index (Phi) is 7.99. The third-order valence-electron chi connectivity index (χ3n) is 4.02. The highest BCUT2D eigenvalue weighted by Gasteiger charge is 2.06. The number of halogens is 2. The molecule has 0 saturated carbocycles. The molecule has 0 bridgehead atoms. The van der Waals surface area contributed by atoms with Gasteiger partial charge in [0, 0.05) is 23.7 Å². The molecule has 0 amide bonds. The average molecular weight is 388 g/mol. The molecule has 3 aromatic carbocycles. The van der Waals surface area contributed by atoms with E-state index in [2.05, 4.69) is 48.6 Å². The van der Waals surface area contributed by atoms with Crippen molar-refractivity contribution in [1.29, 1.82) is 0 Å². The molecule has 0 aliphatic carbocycles. The van der Waals surface area contributed by atoms with Crippen molar-refractivity contribution < 1.29 is 4.74 Å². The van der Waals surface area contributed by atoms with Gasteiger partial charge in [0.1, 0.15) is 12.4 Å². The van der Waals surface area contributed by atoms with E-state index in [0.29, 0.717) is 13.2 Å². The molecule has 0 heterocycles. The number of hydrogen-bond acceptors (Lipinski definition) is 2. The fourth-order valence-corrected chi connectivity index (χ4v) is 2.80. The summed E-state index contributed by atoms with van der Waals surface area (Å²) in [5.74, 6) is 0.865. The van der Waals surface area contributed by atoms with Crippen molar-refractivity contribution in [3.8, 4) is 5.75 Å². The number of hydrogen-bond donors (Lipinski definition) is 1. The highest BCUT2D eigenvalue weighted by molar-refractivity contribution is 6.30. The van der Waals surface area contributed by atoms with E-state index in [1.165, 1.54) is 11.1 Å². The minimum atomic E-state index is 0. The van der Waals surface area contributed by atoms with Crippen LogP contribution in [0.1, 0.15) is 22.3 Å². The highest BCUT2D eigenvalue weighted by atomic mass is 35.5. The number of nitrogens with one attached hydrogen (secondary N) is 1. The molecule has 0 atom stereocenters. The summed E-state index contributed by atoms with van der Waals surface area (Å²) < 4.78 is 6.00. The van der Waals surface area contributed by atoms with Crippen LogP contribution in [0, 0.1) is 6.92 Å². The molecule has 0 fully saturated rings. The Labute approximate surface area is 166 Å².